The number of rotatable bonds is 6. The molecule has 0 spiro atoms. The number of ether oxygens (including phenoxy) is 1. The first kappa shape index (κ1) is 19.1. The van der Waals surface area contributed by atoms with Crippen molar-refractivity contribution in [2.45, 2.75) is 11.3 Å². The molecule has 1 amide bonds. The third-order valence-corrected chi connectivity index (χ3v) is 6.94. The van der Waals surface area contributed by atoms with Gasteiger partial charge >= 0.3 is 0 Å². The van der Waals surface area contributed by atoms with E-state index in [1.807, 2.05) is 41.3 Å². The molecule has 2 heterocycles. The van der Waals surface area contributed by atoms with Crippen LogP contribution in [-0.2, 0) is 4.79 Å². The number of amides is 1. The normalized spacial score (nSPS) is 14.5. The number of nitrogens with zero attached hydrogens (tertiary/aromatic N) is 3. The van der Waals surface area contributed by atoms with Crippen molar-refractivity contribution in [2.24, 2.45) is 0 Å². The highest BCUT2D eigenvalue weighted by Crippen LogP contribution is 2.29. The molecule has 1 aliphatic heterocycles. The molecule has 7 heteroatoms. The van der Waals surface area contributed by atoms with E-state index in [0.717, 1.165) is 53.2 Å². The molecule has 0 aliphatic carbocycles. The van der Waals surface area contributed by atoms with E-state index in [1.54, 1.807) is 30.2 Å². The van der Waals surface area contributed by atoms with E-state index in [0.29, 0.717) is 6.42 Å². The molecule has 4 rings (SSSR count). The van der Waals surface area contributed by atoms with Gasteiger partial charge in [0.15, 0.2) is 5.13 Å². The van der Waals surface area contributed by atoms with E-state index in [1.165, 1.54) is 4.70 Å². The lowest BCUT2D eigenvalue weighted by molar-refractivity contribution is -0.131. The third kappa shape index (κ3) is 4.42. The van der Waals surface area contributed by atoms with Crippen LogP contribution in [0.3, 0.4) is 0 Å². The number of anilines is 1. The van der Waals surface area contributed by atoms with Gasteiger partial charge in [0.2, 0.25) is 5.91 Å². The second-order valence-corrected chi connectivity index (χ2v) is 8.78. The van der Waals surface area contributed by atoms with Crippen LogP contribution >= 0.6 is 23.1 Å². The quantitative estimate of drug-likeness (QED) is 0.569. The zero-order valence-electron chi connectivity index (χ0n) is 15.8. The van der Waals surface area contributed by atoms with Crippen LogP contribution in [-0.4, -0.2) is 54.8 Å². The van der Waals surface area contributed by atoms with Gasteiger partial charge in [-0.1, -0.05) is 23.5 Å². The fraction of sp³-hybridized carbons (Fsp3) is 0.333. The number of piperazine rings is 1. The van der Waals surface area contributed by atoms with Crippen molar-refractivity contribution < 1.29 is 9.53 Å². The van der Waals surface area contributed by atoms with Gasteiger partial charge in [0.25, 0.3) is 0 Å². The average molecular weight is 414 g/mol. The fourth-order valence-corrected chi connectivity index (χ4v) is 5.09. The van der Waals surface area contributed by atoms with E-state index in [-0.39, 0.29) is 5.91 Å². The van der Waals surface area contributed by atoms with Crippen LogP contribution in [0.15, 0.2) is 53.4 Å². The molecule has 0 N–H and O–H groups in total. The summed E-state index contributed by atoms with van der Waals surface area (Å²) < 4.78 is 6.39. The number of benzene rings is 2. The maximum absolute atomic E-state index is 12.5. The summed E-state index contributed by atoms with van der Waals surface area (Å²) in [5.74, 6) is 1.89. The molecule has 146 valence electrons. The summed E-state index contributed by atoms with van der Waals surface area (Å²) in [6.45, 7) is 3.22. The number of para-hydroxylation sites is 1. The van der Waals surface area contributed by atoms with Gasteiger partial charge < -0.3 is 14.5 Å². The maximum atomic E-state index is 12.5. The molecule has 0 bridgehead atoms. The van der Waals surface area contributed by atoms with E-state index in [9.17, 15) is 4.79 Å². The lowest BCUT2D eigenvalue weighted by Crippen LogP contribution is -2.48. The van der Waals surface area contributed by atoms with Crippen LogP contribution in [0.4, 0.5) is 5.13 Å². The third-order valence-electron chi connectivity index (χ3n) is 4.83. The molecule has 0 atom stereocenters. The zero-order valence-corrected chi connectivity index (χ0v) is 17.5. The van der Waals surface area contributed by atoms with Crippen LogP contribution < -0.4 is 9.64 Å². The standard InChI is InChI=1S/C21H23N3O2S2/c1-26-16-6-8-17(9-7-16)27-15-10-20(25)23-11-13-24(14-12-23)21-22-18-4-2-3-5-19(18)28-21/h2-9H,10-15H2,1H3. The van der Waals surface area contributed by atoms with Gasteiger partial charge in [-0.15, -0.1) is 11.8 Å². The minimum atomic E-state index is 0.241. The van der Waals surface area contributed by atoms with Gasteiger partial charge in [-0.3, -0.25) is 4.79 Å². The van der Waals surface area contributed by atoms with Gasteiger partial charge in [-0.05, 0) is 36.4 Å². The van der Waals surface area contributed by atoms with Gasteiger partial charge in [0, 0.05) is 43.2 Å². The first-order valence-electron chi connectivity index (χ1n) is 9.38. The van der Waals surface area contributed by atoms with Gasteiger partial charge in [-0.2, -0.15) is 0 Å². The largest absolute Gasteiger partial charge is 0.497 e. The van der Waals surface area contributed by atoms with Crippen molar-refractivity contribution in [3.05, 3.63) is 48.5 Å². The Hall–Kier alpha value is -2.25. The predicted molar refractivity (Wildman–Crippen MR) is 117 cm³/mol. The monoisotopic (exact) mass is 413 g/mol. The molecule has 0 radical (unpaired) electrons. The molecule has 1 fully saturated rings. The first-order chi connectivity index (χ1) is 13.7. The Labute approximate surface area is 173 Å². The number of hydrogen-bond donors (Lipinski definition) is 0. The van der Waals surface area contributed by atoms with Crippen LogP contribution in [0.5, 0.6) is 5.75 Å². The minimum Gasteiger partial charge on any atom is -0.497 e. The minimum absolute atomic E-state index is 0.241. The Morgan fingerprint density at radius 2 is 1.86 bits per heavy atom. The number of methoxy groups -OCH3 is 1. The van der Waals surface area contributed by atoms with Gasteiger partial charge in [0.05, 0.1) is 17.3 Å². The van der Waals surface area contributed by atoms with E-state index in [4.69, 9.17) is 9.72 Å². The Bertz CT molecular complexity index is 901. The smallest absolute Gasteiger partial charge is 0.223 e. The highest BCUT2D eigenvalue weighted by atomic mass is 32.2. The summed E-state index contributed by atoms with van der Waals surface area (Å²) in [5, 5.41) is 1.06. The van der Waals surface area contributed by atoms with Crippen LogP contribution in [0.2, 0.25) is 0 Å². The van der Waals surface area contributed by atoms with Crippen molar-refractivity contribution in [1.82, 2.24) is 9.88 Å². The molecule has 5 nitrogen and oxygen atoms in total. The maximum Gasteiger partial charge on any atom is 0.223 e. The van der Waals surface area contributed by atoms with E-state index >= 15 is 0 Å². The predicted octanol–water partition coefficient (Wildman–Crippen LogP) is 4.14. The Morgan fingerprint density at radius 3 is 2.57 bits per heavy atom. The number of thioether (sulfide) groups is 1. The number of thiazole rings is 1. The molecular weight excluding hydrogens is 390 g/mol. The van der Waals surface area contributed by atoms with Crippen LogP contribution in [0.25, 0.3) is 10.2 Å². The van der Waals surface area contributed by atoms with Crippen molar-refractivity contribution in [3.63, 3.8) is 0 Å². The molecule has 3 aromatic rings. The Balaban J connectivity index is 1.24. The van der Waals surface area contributed by atoms with E-state index in [2.05, 4.69) is 17.0 Å². The van der Waals surface area contributed by atoms with Gasteiger partial charge in [0.1, 0.15) is 5.75 Å². The Kier molecular flexibility index (Phi) is 6.02. The first-order valence-corrected chi connectivity index (χ1v) is 11.2. The second-order valence-electron chi connectivity index (χ2n) is 6.61. The van der Waals surface area contributed by atoms with Crippen molar-refractivity contribution in [1.29, 1.82) is 0 Å². The summed E-state index contributed by atoms with van der Waals surface area (Å²) in [4.78, 5) is 22.7. The SMILES string of the molecule is COc1ccc(SCCC(=O)N2CCN(c3nc4ccccc4s3)CC2)cc1. The lowest BCUT2D eigenvalue weighted by Gasteiger charge is -2.34. The van der Waals surface area contributed by atoms with Crippen LogP contribution in [0.1, 0.15) is 6.42 Å². The highest BCUT2D eigenvalue weighted by molar-refractivity contribution is 7.99. The molecular formula is C21H23N3O2S2. The Morgan fingerprint density at radius 1 is 1.11 bits per heavy atom. The zero-order chi connectivity index (χ0) is 19.3. The summed E-state index contributed by atoms with van der Waals surface area (Å²) >= 11 is 3.44. The van der Waals surface area contributed by atoms with Gasteiger partial charge in [-0.25, -0.2) is 4.98 Å². The molecule has 28 heavy (non-hydrogen) atoms. The van der Waals surface area contributed by atoms with Crippen molar-refractivity contribution in [3.8, 4) is 5.75 Å². The molecule has 1 saturated heterocycles. The number of fused-ring (bicyclic) bond motifs is 1. The number of carbonyl (C=O) groups is 1. The highest BCUT2D eigenvalue weighted by Gasteiger charge is 2.22. The summed E-state index contributed by atoms with van der Waals surface area (Å²) in [7, 11) is 1.66. The lowest BCUT2D eigenvalue weighted by atomic mass is 10.3. The molecule has 0 unspecified atom stereocenters. The molecule has 1 aliphatic rings. The number of hydrogen-bond acceptors (Lipinski definition) is 6. The number of aromatic nitrogens is 1. The fourth-order valence-electron chi connectivity index (χ4n) is 3.23. The van der Waals surface area contributed by atoms with Crippen LogP contribution in [0, 0.1) is 0 Å². The topological polar surface area (TPSA) is 45.7 Å². The molecule has 0 saturated carbocycles. The molecule has 2 aromatic carbocycles. The molecule has 1 aromatic heterocycles. The average Bonchev–Trinajstić information content (AvgIpc) is 3.18. The second kappa shape index (κ2) is 8.84. The number of carbonyl (C=O) groups excluding carboxylic acids is 1. The van der Waals surface area contributed by atoms with Crippen molar-refractivity contribution >= 4 is 44.4 Å². The summed E-state index contributed by atoms with van der Waals surface area (Å²) in [6.07, 6.45) is 0.567. The summed E-state index contributed by atoms with van der Waals surface area (Å²) in [5.41, 5.74) is 1.05. The van der Waals surface area contributed by atoms with Crippen molar-refractivity contribution in [2.75, 3.05) is 43.9 Å². The van der Waals surface area contributed by atoms with E-state index < -0.39 is 0 Å². The summed E-state index contributed by atoms with van der Waals surface area (Å²) in [6, 6.07) is 16.2.